The van der Waals surface area contributed by atoms with E-state index in [2.05, 4.69) is 15.5 Å². The topological polar surface area (TPSA) is 96.7 Å². The van der Waals surface area contributed by atoms with Crippen LogP contribution in [0.4, 0.5) is 13.2 Å². The summed E-state index contributed by atoms with van der Waals surface area (Å²) < 4.78 is 66.9. The van der Waals surface area contributed by atoms with Crippen molar-refractivity contribution in [1.29, 1.82) is 0 Å². The Balaban J connectivity index is 1.55. The van der Waals surface area contributed by atoms with E-state index in [-0.39, 0.29) is 27.8 Å². The minimum absolute atomic E-state index is 0.0201. The van der Waals surface area contributed by atoms with Gasteiger partial charge in [-0.15, -0.1) is 21.5 Å². The van der Waals surface area contributed by atoms with Gasteiger partial charge in [0.25, 0.3) is 5.91 Å². The summed E-state index contributed by atoms with van der Waals surface area (Å²) in [5.74, 6) is -0.559. The van der Waals surface area contributed by atoms with Gasteiger partial charge in [0.05, 0.1) is 12.1 Å². The van der Waals surface area contributed by atoms with Crippen LogP contribution in [0.5, 0.6) is 0 Å². The summed E-state index contributed by atoms with van der Waals surface area (Å²) in [4.78, 5) is 12.6. The van der Waals surface area contributed by atoms with Gasteiger partial charge in [0, 0.05) is 19.3 Å². The zero-order valence-corrected chi connectivity index (χ0v) is 17.0. The number of halogens is 3. The Bertz CT molecular complexity index is 1200. The molecule has 4 heterocycles. The number of carbonyl (C=O) groups excluding carboxylic acids is 1. The highest BCUT2D eigenvalue weighted by atomic mass is 32.2. The average molecular weight is 459 g/mol. The Hall–Kier alpha value is -2.51. The maximum absolute atomic E-state index is 13.0. The molecule has 0 spiro atoms. The smallest absolute Gasteiger partial charge is 0.344 e. The van der Waals surface area contributed by atoms with Crippen molar-refractivity contribution >= 4 is 32.9 Å². The van der Waals surface area contributed by atoms with Crippen LogP contribution < -0.4 is 5.32 Å². The van der Waals surface area contributed by atoms with Crippen molar-refractivity contribution in [3.05, 3.63) is 46.0 Å². The Morgan fingerprint density at radius 3 is 2.60 bits per heavy atom. The first-order chi connectivity index (χ1) is 14.2. The van der Waals surface area contributed by atoms with Crippen LogP contribution in [0.15, 0.2) is 34.7 Å². The molecular formula is C17H16F3N5O3S2. The average Bonchev–Trinajstić information content (AvgIpc) is 3.45. The third-order valence-electron chi connectivity index (χ3n) is 4.73. The molecule has 0 unspecified atom stereocenters. The molecule has 4 rings (SSSR count). The minimum Gasteiger partial charge on any atom is -0.344 e. The number of aromatic nitrogens is 3. The van der Waals surface area contributed by atoms with Crippen LogP contribution in [0, 0.1) is 0 Å². The van der Waals surface area contributed by atoms with Gasteiger partial charge >= 0.3 is 6.18 Å². The monoisotopic (exact) mass is 459 g/mol. The van der Waals surface area contributed by atoms with E-state index in [0.717, 1.165) is 40.8 Å². The highest BCUT2D eigenvalue weighted by Crippen LogP contribution is 2.30. The van der Waals surface area contributed by atoms with Crippen molar-refractivity contribution in [3.8, 4) is 0 Å². The fourth-order valence-corrected chi connectivity index (χ4v) is 6.03. The maximum Gasteiger partial charge on any atom is 0.417 e. The Labute approximate surface area is 173 Å². The van der Waals surface area contributed by atoms with Gasteiger partial charge in [-0.25, -0.2) is 8.42 Å². The number of pyridine rings is 1. The first kappa shape index (κ1) is 20.8. The lowest BCUT2D eigenvalue weighted by atomic mass is 10.3. The number of sulfonamides is 1. The molecule has 0 radical (unpaired) electrons. The van der Waals surface area contributed by atoms with Gasteiger partial charge in [-0.3, -0.25) is 9.20 Å². The molecule has 3 aromatic rings. The quantitative estimate of drug-likeness (QED) is 0.633. The first-order valence-electron chi connectivity index (χ1n) is 8.94. The molecule has 8 nitrogen and oxygen atoms in total. The first-order valence-corrected chi connectivity index (χ1v) is 11.3. The molecule has 30 heavy (non-hydrogen) atoms. The summed E-state index contributed by atoms with van der Waals surface area (Å²) in [6.45, 7) is 0.599. The summed E-state index contributed by atoms with van der Waals surface area (Å²) in [6.07, 6.45) is -2.14. The van der Waals surface area contributed by atoms with Gasteiger partial charge in [0.15, 0.2) is 11.5 Å². The molecule has 13 heteroatoms. The molecule has 0 saturated carbocycles. The lowest BCUT2D eigenvalue weighted by Gasteiger charge is -2.15. The zero-order valence-electron chi connectivity index (χ0n) is 15.4. The van der Waals surface area contributed by atoms with Crippen molar-refractivity contribution < 1.29 is 26.4 Å². The molecule has 1 aliphatic rings. The fraction of sp³-hybridized carbons (Fsp3) is 0.353. The van der Waals surface area contributed by atoms with E-state index in [0.29, 0.717) is 13.1 Å². The number of thiophene rings is 1. The molecule has 1 amide bonds. The van der Waals surface area contributed by atoms with Gasteiger partial charge in [-0.05, 0) is 36.4 Å². The summed E-state index contributed by atoms with van der Waals surface area (Å²) in [5.41, 5.74) is -0.680. The summed E-state index contributed by atoms with van der Waals surface area (Å²) in [7, 11) is -3.78. The van der Waals surface area contributed by atoms with Gasteiger partial charge in [0.1, 0.15) is 9.77 Å². The molecule has 1 saturated heterocycles. The van der Waals surface area contributed by atoms with Crippen molar-refractivity contribution in [2.75, 3.05) is 13.1 Å². The van der Waals surface area contributed by atoms with Gasteiger partial charge in [-0.1, -0.05) is 0 Å². The second-order valence-electron chi connectivity index (χ2n) is 6.67. The molecule has 0 aliphatic carbocycles. The molecule has 0 aromatic carbocycles. The largest absolute Gasteiger partial charge is 0.417 e. The van der Waals surface area contributed by atoms with E-state index >= 15 is 0 Å². The van der Waals surface area contributed by atoms with Gasteiger partial charge in [-0.2, -0.15) is 17.5 Å². The van der Waals surface area contributed by atoms with Crippen LogP contribution in [0.1, 0.15) is 33.9 Å². The second-order valence-corrected chi connectivity index (χ2v) is 9.49. The highest BCUT2D eigenvalue weighted by Gasteiger charge is 2.32. The van der Waals surface area contributed by atoms with Crippen molar-refractivity contribution in [2.24, 2.45) is 0 Å². The number of carbonyl (C=O) groups is 1. The standard InChI is InChI=1S/C17H16F3N5O3S2/c18-17(19,20)11-3-4-13-22-23-14(25(13)10-11)9-21-16(26)15-12(5-8-29-15)30(27,28)24-6-1-2-7-24/h3-5,8,10H,1-2,6-7,9H2,(H,21,26). The molecule has 1 aliphatic heterocycles. The van der Waals surface area contributed by atoms with E-state index in [1.807, 2.05) is 0 Å². The van der Waals surface area contributed by atoms with Crippen LogP contribution in [-0.4, -0.2) is 46.3 Å². The lowest BCUT2D eigenvalue weighted by molar-refractivity contribution is -0.137. The number of hydrogen-bond donors (Lipinski definition) is 1. The molecule has 0 bridgehead atoms. The Morgan fingerprint density at radius 2 is 1.90 bits per heavy atom. The summed E-state index contributed by atoms with van der Waals surface area (Å²) >= 11 is 0.980. The van der Waals surface area contributed by atoms with Gasteiger partial charge < -0.3 is 5.32 Å². The molecular weight excluding hydrogens is 443 g/mol. The van der Waals surface area contributed by atoms with E-state index in [4.69, 9.17) is 0 Å². The van der Waals surface area contributed by atoms with Crippen LogP contribution in [0.3, 0.4) is 0 Å². The number of nitrogens with zero attached hydrogens (tertiary/aromatic N) is 4. The number of alkyl halides is 3. The van der Waals surface area contributed by atoms with Crippen molar-refractivity contribution in [1.82, 2.24) is 24.2 Å². The van der Waals surface area contributed by atoms with E-state index in [9.17, 15) is 26.4 Å². The summed E-state index contributed by atoms with van der Waals surface area (Å²) in [5, 5.41) is 11.6. The highest BCUT2D eigenvalue weighted by molar-refractivity contribution is 7.89. The SMILES string of the molecule is O=C(NCc1nnc2ccc(C(F)(F)F)cn12)c1sccc1S(=O)(=O)N1CCCC1. The predicted octanol–water partition coefficient (Wildman–Crippen LogP) is 2.52. The minimum atomic E-state index is -4.53. The van der Waals surface area contributed by atoms with E-state index in [1.165, 1.54) is 21.8 Å². The van der Waals surface area contributed by atoms with Crippen LogP contribution in [0.2, 0.25) is 0 Å². The maximum atomic E-state index is 13.0. The molecule has 0 atom stereocenters. The van der Waals surface area contributed by atoms with Crippen LogP contribution in [-0.2, 0) is 22.7 Å². The predicted molar refractivity (Wildman–Crippen MR) is 101 cm³/mol. The third kappa shape index (κ3) is 3.79. The number of rotatable bonds is 5. The van der Waals surface area contributed by atoms with Crippen LogP contribution in [0.25, 0.3) is 5.65 Å². The number of amides is 1. The zero-order chi connectivity index (χ0) is 21.5. The fourth-order valence-electron chi connectivity index (χ4n) is 3.20. The third-order valence-corrected chi connectivity index (χ3v) is 7.71. The number of fused-ring (bicyclic) bond motifs is 1. The van der Waals surface area contributed by atoms with Crippen molar-refractivity contribution in [3.63, 3.8) is 0 Å². The second kappa shape index (κ2) is 7.63. The Morgan fingerprint density at radius 1 is 1.17 bits per heavy atom. The van der Waals surface area contributed by atoms with Gasteiger partial charge in [0.2, 0.25) is 10.0 Å². The van der Waals surface area contributed by atoms with Crippen molar-refractivity contribution in [2.45, 2.75) is 30.5 Å². The van der Waals surface area contributed by atoms with E-state index in [1.54, 1.807) is 0 Å². The lowest BCUT2D eigenvalue weighted by Crippen LogP contribution is -2.30. The molecule has 1 N–H and O–H groups in total. The van der Waals surface area contributed by atoms with E-state index < -0.39 is 27.7 Å². The number of nitrogens with one attached hydrogen (secondary N) is 1. The number of hydrogen-bond acceptors (Lipinski definition) is 6. The normalized spacial score (nSPS) is 15.7. The molecule has 3 aromatic heterocycles. The van der Waals surface area contributed by atoms with Crippen LogP contribution >= 0.6 is 11.3 Å². The molecule has 160 valence electrons. The summed E-state index contributed by atoms with van der Waals surface area (Å²) in [6, 6.07) is 3.46. The molecule has 1 fully saturated rings. The Kier molecular flexibility index (Phi) is 5.28.